The molecule has 168 valence electrons. The number of pyridine rings is 1. The predicted octanol–water partition coefficient (Wildman–Crippen LogP) is 4.45. The van der Waals surface area contributed by atoms with Crippen LogP contribution < -0.4 is 15.6 Å². The van der Waals surface area contributed by atoms with Crippen LogP contribution in [-0.4, -0.2) is 41.8 Å². The van der Waals surface area contributed by atoms with E-state index in [0.29, 0.717) is 31.0 Å². The Labute approximate surface area is 187 Å². The van der Waals surface area contributed by atoms with E-state index in [1.807, 2.05) is 62.4 Å². The number of rotatable bonds is 7. The smallest absolute Gasteiger partial charge is 0.322 e. The van der Waals surface area contributed by atoms with E-state index < -0.39 is 0 Å². The Morgan fingerprint density at radius 1 is 1.22 bits per heavy atom. The van der Waals surface area contributed by atoms with E-state index in [4.69, 9.17) is 9.47 Å². The standard InChI is InChI=1S/C25H29N3O4/c1-3-31-21-10-11-23-18(14-21)13-19(24(29)27-23)15-28(16-22-5-4-12-32-22)25(30)26-20-8-6-17(2)7-9-20/h6-11,13-14,22H,3-5,12,15-16H2,1-2H3,(H,26,30)(H,27,29). The molecule has 2 heterocycles. The molecule has 1 atom stereocenters. The second-order valence-electron chi connectivity index (χ2n) is 8.12. The summed E-state index contributed by atoms with van der Waals surface area (Å²) in [5.41, 5.74) is 2.88. The monoisotopic (exact) mass is 435 g/mol. The topological polar surface area (TPSA) is 83.7 Å². The SMILES string of the molecule is CCOc1ccc2[nH]c(=O)c(CN(CC3CCCO3)C(=O)Nc3ccc(C)cc3)cc2c1. The van der Waals surface area contributed by atoms with Gasteiger partial charge in [-0.1, -0.05) is 17.7 Å². The van der Waals surface area contributed by atoms with Gasteiger partial charge in [0.15, 0.2) is 0 Å². The number of anilines is 1. The highest BCUT2D eigenvalue weighted by atomic mass is 16.5. The van der Waals surface area contributed by atoms with Gasteiger partial charge in [-0.15, -0.1) is 0 Å². The molecule has 7 nitrogen and oxygen atoms in total. The lowest BCUT2D eigenvalue weighted by molar-refractivity contribution is 0.0818. The van der Waals surface area contributed by atoms with E-state index in [2.05, 4.69) is 10.3 Å². The summed E-state index contributed by atoms with van der Waals surface area (Å²) in [6, 6.07) is 14.8. The van der Waals surface area contributed by atoms with Gasteiger partial charge in [-0.2, -0.15) is 0 Å². The van der Waals surface area contributed by atoms with Gasteiger partial charge in [0.05, 0.1) is 19.3 Å². The van der Waals surface area contributed by atoms with Crippen LogP contribution in [-0.2, 0) is 11.3 Å². The zero-order valence-electron chi connectivity index (χ0n) is 18.5. The molecule has 0 saturated carbocycles. The zero-order chi connectivity index (χ0) is 22.5. The number of aromatic amines is 1. The van der Waals surface area contributed by atoms with Crippen LogP contribution in [0.1, 0.15) is 30.9 Å². The number of H-pyrrole nitrogens is 1. The summed E-state index contributed by atoms with van der Waals surface area (Å²) in [5, 5.41) is 3.81. The first kappa shape index (κ1) is 21.9. The lowest BCUT2D eigenvalue weighted by Gasteiger charge is -2.26. The van der Waals surface area contributed by atoms with Crippen molar-refractivity contribution < 1.29 is 14.3 Å². The number of amides is 2. The van der Waals surface area contributed by atoms with Gasteiger partial charge < -0.3 is 24.7 Å². The maximum absolute atomic E-state index is 13.1. The minimum absolute atomic E-state index is 0.0251. The highest BCUT2D eigenvalue weighted by Crippen LogP contribution is 2.21. The van der Waals surface area contributed by atoms with Crippen LogP contribution in [0.4, 0.5) is 10.5 Å². The third kappa shape index (κ3) is 5.29. The van der Waals surface area contributed by atoms with Crippen LogP contribution in [0.15, 0.2) is 53.3 Å². The van der Waals surface area contributed by atoms with Gasteiger partial charge in [0, 0.05) is 35.3 Å². The van der Waals surface area contributed by atoms with Crippen LogP contribution in [0, 0.1) is 6.92 Å². The van der Waals surface area contributed by atoms with Gasteiger partial charge in [0.25, 0.3) is 5.56 Å². The quantitative estimate of drug-likeness (QED) is 0.574. The number of nitrogens with zero attached hydrogens (tertiary/aromatic N) is 1. The summed E-state index contributed by atoms with van der Waals surface area (Å²) in [6.07, 6.45) is 1.86. The van der Waals surface area contributed by atoms with Crippen molar-refractivity contribution >= 4 is 22.6 Å². The van der Waals surface area contributed by atoms with Gasteiger partial charge >= 0.3 is 6.03 Å². The van der Waals surface area contributed by atoms with E-state index >= 15 is 0 Å². The van der Waals surface area contributed by atoms with E-state index in [1.54, 1.807) is 4.90 Å². The number of benzene rings is 2. The number of aryl methyl sites for hydroxylation is 1. The second-order valence-corrected chi connectivity index (χ2v) is 8.12. The molecule has 1 saturated heterocycles. The van der Waals surface area contributed by atoms with Crippen molar-refractivity contribution in [3.8, 4) is 5.75 Å². The maximum Gasteiger partial charge on any atom is 0.322 e. The molecule has 0 radical (unpaired) electrons. The molecule has 0 bridgehead atoms. The normalized spacial score (nSPS) is 15.6. The summed E-state index contributed by atoms with van der Waals surface area (Å²) >= 11 is 0. The Hall–Kier alpha value is -3.32. The van der Waals surface area contributed by atoms with Gasteiger partial charge in [0.1, 0.15) is 5.75 Å². The van der Waals surface area contributed by atoms with Crippen LogP contribution in [0.5, 0.6) is 5.75 Å². The number of urea groups is 1. The Morgan fingerprint density at radius 2 is 2.03 bits per heavy atom. The molecule has 3 aromatic rings. The fourth-order valence-corrected chi connectivity index (χ4v) is 3.90. The van der Waals surface area contributed by atoms with Crippen LogP contribution in [0.25, 0.3) is 10.9 Å². The van der Waals surface area contributed by atoms with Crippen molar-refractivity contribution in [1.29, 1.82) is 0 Å². The summed E-state index contributed by atoms with van der Waals surface area (Å²) in [6.45, 7) is 5.80. The molecule has 1 aromatic heterocycles. The van der Waals surface area contributed by atoms with Crippen molar-refractivity contribution in [3.05, 3.63) is 70.0 Å². The number of hydrogen-bond acceptors (Lipinski definition) is 4. The Kier molecular flexibility index (Phi) is 6.75. The van der Waals surface area contributed by atoms with Crippen LogP contribution in [0.2, 0.25) is 0 Å². The fraction of sp³-hybridized carbons (Fsp3) is 0.360. The average Bonchev–Trinajstić information content (AvgIpc) is 3.29. The van der Waals surface area contributed by atoms with Crippen molar-refractivity contribution in [1.82, 2.24) is 9.88 Å². The first-order valence-electron chi connectivity index (χ1n) is 11.0. The Balaban J connectivity index is 1.59. The zero-order valence-corrected chi connectivity index (χ0v) is 18.5. The highest BCUT2D eigenvalue weighted by molar-refractivity contribution is 5.89. The molecule has 1 aliphatic rings. The number of fused-ring (bicyclic) bond motifs is 1. The molecule has 4 rings (SSSR count). The maximum atomic E-state index is 13.1. The number of aromatic nitrogens is 1. The van der Waals surface area contributed by atoms with E-state index in [9.17, 15) is 9.59 Å². The van der Waals surface area contributed by atoms with Gasteiger partial charge in [0.2, 0.25) is 0 Å². The van der Waals surface area contributed by atoms with Crippen molar-refractivity contribution in [2.24, 2.45) is 0 Å². The molecule has 1 unspecified atom stereocenters. The number of nitrogens with one attached hydrogen (secondary N) is 2. The summed E-state index contributed by atoms with van der Waals surface area (Å²) < 4.78 is 11.3. The third-order valence-electron chi connectivity index (χ3n) is 5.60. The van der Waals surface area contributed by atoms with Crippen molar-refractivity contribution in [2.45, 2.75) is 39.3 Å². The predicted molar refractivity (Wildman–Crippen MR) is 125 cm³/mol. The first-order valence-corrected chi connectivity index (χ1v) is 11.0. The fourth-order valence-electron chi connectivity index (χ4n) is 3.90. The molecule has 0 spiro atoms. The second kappa shape index (κ2) is 9.87. The largest absolute Gasteiger partial charge is 0.494 e. The van der Waals surface area contributed by atoms with E-state index in [0.717, 1.165) is 35.1 Å². The molecule has 2 amide bonds. The molecule has 2 N–H and O–H groups in total. The van der Waals surface area contributed by atoms with Crippen molar-refractivity contribution in [3.63, 3.8) is 0 Å². The third-order valence-corrected chi connectivity index (χ3v) is 5.60. The number of ether oxygens (including phenoxy) is 2. The van der Waals surface area contributed by atoms with Crippen LogP contribution in [0.3, 0.4) is 0 Å². The lowest BCUT2D eigenvalue weighted by atomic mass is 10.1. The van der Waals surface area contributed by atoms with E-state index in [-0.39, 0.29) is 24.2 Å². The van der Waals surface area contributed by atoms with Crippen LogP contribution >= 0.6 is 0 Å². The lowest BCUT2D eigenvalue weighted by Crippen LogP contribution is -2.40. The van der Waals surface area contributed by atoms with Gasteiger partial charge in [-0.25, -0.2) is 4.79 Å². The number of carbonyl (C=O) groups is 1. The Morgan fingerprint density at radius 3 is 2.75 bits per heavy atom. The van der Waals surface area contributed by atoms with Crippen molar-refractivity contribution in [2.75, 3.05) is 25.1 Å². The minimum Gasteiger partial charge on any atom is -0.494 e. The molecule has 1 fully saturated rings. The average molecular weight is 436 g/mol. The molecule has 1 aliphatic heterocycles. The summed E-state index contributed by atoms with van der Waals surface area (Å²) in [4.78, 5) is 30.5. The Bertz CT molecular complexity index is 1130. The summed E-state index contributed by atoms with van der Waals surface area (Å²) in [5.74, 6) is 0.742. The molecular weight excluding hydrogens is 406 g/mol. The van der Waals surface area contributed by atoms with Gasteiger partial charge in [-0.3, -0.25) is 4.79 Å². The highest BCUT2D eigenvalue weighted by Gasteiger charge is 2.24. The van der Waals surface area contributed by atoms with E-state index in [1.165, 1.54) is 0 Å². The van der Waals surface area contributed by atoms with Gasteiger partial charge in [-0.05, 0) is 63.1 Å². The number of hydrogen-bond donors (Lipinski definition) is 2. The molecule has 7 heteroatoms. The molecular formula is C25H29N3O4. The first-order chi connectivity index (χ1) is 15.5. The summed E-state index contributed by atoms with van der Waals surface area (Å²) in [7, 11) is 0. The molecule has 2 aromatic carbocycles. The number of carbonyl (C=O) groups excluding carboxylic acids is 1. The molecule has 32 heavy (non-hydrogen) atoms. The molecule has 0 aliphatic carbocycles. The minimum atomic E-state index is -0.257.